The molecule has 1 aliphatic carbocycles. The molecule has 9 nitrogen and oxygen atoms in total. The molecule has 0 saturated heterocycles. The second-order valence-electron chi connectivity index (χ2n) is 11.9. The summed E-state index contributed by atoms with van der Waals surface area (Å²) < 4.78 is 33.6. The minimum Gasteiger partial charge on any atom is -0.490 e. The number of nitrogens with zero attached hydrogens (tertiary/aromatic N) is 1. The molecule has 1 aromatic heterocycles. The molecule has 2 aromatic carbocycles. The van der Waals surface area contributed by atoms with Gasteiger partial charge in [-0.2, -0.15) is 0 Å². The number of ether oxygens (including phenoxy) is 1. The highest BCUT2D eigenvalue weighted by Gasteiger charge is 2.25. The summed E-state index contributed by atoms with van der Waals surface area (Å²) in [6.07, 6.45) is 8.51. The summed E-state index contributed by atoms with van der Waals surface area (Å²) >= 11 is 0. The Balaban J connectivity index is 0.00000353. The van der Waals surface area contributed by atoms with E-state index in [9.17, 15) is 23.4 Å². The Morgan fingerprint density at radius 3 is 2.38 bits per heavy atom. The number of aliphatic hydroxyl groups excluding tert-OH is 1. The van der Waals surface area contributed by atoms with Crippen LogP contribution in [0.3, 0.4) is 0 Å². The quantitative estimate of drug-likeness (QED) is 0.166. The average Bonchev–Trinajstić information content (AvgIpc) is 2.99. The molecule has 4 rings (SSSR count). The van der Waals surface area contributed by atoms with E-state index >= 15 is 0 Å². The number of halogens is 2. The molecule has 12 heteroatoms. The zero-order chi connectivity index (χ0) is 30.9. The number of hydrogen-bond acceptors (Lipinski definition) is 8. The van der Waals surface area contributed by atoms with E-state index in [0.717, 1.165) is 60.8 Å². The zero-order valence-electron chi connectivity index (χ0n) is 25.8. The SMILES string of the molecule is CC(C)(O)CCS(=O)(=O)NC(=O)c1ccc(-c2ccc(CCNC[C@H](O)c3cccnc3)cc2)cc1OC1CCCCC1.Cl.Cl. The summed E-state index contributed by atoms with van der Waals surface area (Å²) in [6, 6.07) is 17.0. The highest BCUT2D eigenvalue weighted by atomic mass is 35.5. The number of aromatic nitrogens is 1. The van der Waals surface area contributed by atoms with Crippen LogP contribution in [0.2, 0.25) is 0 Å². The van der Waals surface area contributed by atoms with Crippen molar-refractivity contribution in [2.24, 2.45) is 0 Å². The van der Waals surface area contributed by atoms with Crippen molar-refractivity contribution in [3.05, 3.63) is 83.7 Å². The van der Waals surface area contributed by atoms with Gasteiger partial charge in [0.05, 0.1) is 29.1 Å². The summed E-state index contributed by atoms with van der Waals surface area (Å²) in [5.74, 6) is -0.754. The Labute approximate surface area is 279 Å². The standard InChI is InChI=1S/C33H43N3O6S.2ClH/c1-33(2,39)17-20-43(40,41)36-32(38)29-15-14-26(21-31(29)42-28-8-4-3-5-9-28)25-12-10-24(11-13-25)16-19-35-23-30(37)27-7-6-18-34-22-27;;/h6-7,10-15,18,21-22,28,30,35,37,39H,3-5,8-9,16-17,19-20,23H2,1-2H3,(H,36,38);2*1H/t30-;;/m0../s1. The third-order valence-electron chi connectivity index (χ3n) is 7.59. The molecule has 0 spiro atoms. The van der Waals surface area contributed by atoms with Crippen LogP contribution in [0.15, 0.2) is 67.0 Å². The van der Waals surface area contributed by atoms with Crippen LogP contribution in [0.4, 0.5) is 0 Å². The molecule has 1 heterocycles. The maximum absolute atomic E-state index is 13.1. The second kappa shape index (κ2) is 17.8. The molecule has 0 radical (unpaired) electrons. The summed E-state index contributed by atoms with van der Waals surface area (Å²) in [6.45, 7) is 4.20. The van der Waals surface area contributed by atoms with E-state index in [1.807, 2.05) is 36.4 Å². The Hall–Kier alpha value is -2.73. The van der Waals surface area contributed by atoms with E-state index in [1.165, 1.54) is 13.8 Å². The van der Waals surface area contributed by atoms with E-state index in [1.54, 1.807) is 30.6 Å². The fourth-order valence-corrected chi connectivity index (χ4v) is 6.27. The van der Waals surface area contributed by atoms with Crippen LogP contribution < -0.4 is 14.8 Å². The number of amides is 1. The van der Waals surface area contributed by atoms with Crippen LogP contribution in [0.25, 0.3) is 11.1 Å². The van der Waals surface area contributed by atoms with Gasteiger partial charge in [-0.25, -0.2) is 13.1 Å². The molecule has 1 saturated carbocycles. The predicted octanol–water partition coefficient (Wildman–Crippen LogP) is 5.39. The number of aliphatic hydroxyl groups is 2. The van der Waals surface area contributed by atoms with Gasteiger partial charge < -0.3 is 20.3 Å². The molecule has 4 N–H and O–H groups in total. The molecule has 45 heavy (non-hydrogen) atoms. The van der Waals surface area contributed by atoms with Gasteiger partial charge in [0.25, 0.3) is 5.91 Å². The van der Waals surface area contributed by atoms with E-state index in [4.69, 9.17) is 4.74 Å². The first-order valence-electron chi connectivity index (χ1n) is 14.9. The minimum atomic E-state index is -3.94. The third-order valence-corrected chi connectivity index (χ3v) is 8.83. The van der Waals surface area contributed by atoms with E-state index in [-0.39, 0.29) is 48.7 Å². The molecule has 1 aliphatic rings. The lowest BCUT2D eigenvalue weighted by Crippen LogP contribution is -2.35. The van der Waals surface area contributed by atoms with Gasteiger partial charge in [0.1, 0.15) is 5.75 Å². The number of carbonyl (C=O) groups excluding carboxylic acids is 1. The summed E-state index contributed by atoms with van der Waals surface area (Å²) in [7, 11) is -3.94. The fraction of sp³-hybridized carbons (Fsp3) is 0.455. The van der Waals surface area contributed by atoms with Gasteiger partial charge in [-0.15, -0.1) is 24.8 Å². The summed E-state index contributed by atoms with van der Waals surface area (Å²) in [5, 5.41) is 23.5. The van der Waals surface area contributed by atoms with Crippen LogP contribution in [0.5, 0.6) is 5.75 Å². The highest BCUT2D eigenvalue weighted by molar-refractivity contribution is 7.90. The molecule has 0 aliphatic heterocycles. The van der Waals surface area contributed by atoms with Gasteiger partial charge in [-0.3, -0.25) is 9.78 Å². The molecule has 1 amide bonds. The Kier molecular flexibility index (Phi) is 15.2. The maximum Gasteiger partial charge on any atom is 0.268 e. The van der Waals surface area contributed by atoms with Crippen LogP contribution in [0, 0.1) is 0 Å². The van der Waals surface area contributed by atoms with Crippen LogP contribution in [-0.2, 0) is 16.4 Å². The van der Waals surface area contributed by atoms with E-state index in [0.29, 0.717) is 18.8 Å². The highest BCUT2D eigenvalue weighted by Crippen LogP contribution is 2.31. The summed E-state index contributed by atoms with van der Waals surface area (Å²) in [4.78, 5) is 17.2. The first-order chi connectivity index (χ1) is 20.5. The van der Waals surface area contributed by atoms with Crippen molar-refractivity contribution in [2.75, 3.05) is 18.8 Å². The smallest absolute Gasteiger partial charge is 0.268 e. The Morgan fingerprint density at radius 2 is 1.73 bits per heavy atom. The molecule has 0 bridgehead atoms. The fourth-order valence-electron chi connectivity index (χ4n) is 5.01. The van der Waals surface area contributed by atoms with E-state index < -0.39 is 27.6 Å². The maximum atomic E-state index is 13.1. The molecular formula is C33H45Cl2N3O6S. The van der Waals surface area contributed by atoms with Crippen molar-refractivity contribution >= 4 is 40.7 Å². The number of rotatable bonds is 14. The van der Waals surface area contributed by atoms with Gasteiger partial charge in [0.2, 0.25) is 10.0 Å². The lowest BCUT2D eigenvalue weighted by Gasteiger charge is -2.24. The topological polar surface area (TPSA) is 138 Å². The normalized spacial score (nSPS) is 14.5. The number of pyridine rings is 1. The molecule has 1 atom stereocenters. The molecule has 1 fully saturated rings. The van der Waals surface area contributed by atoms with Crippen molar-refractivity contribution in [2.45, 2.75) is 76.6 Å². The number of carbonyl (C=O) groups is 1. The first kappa shape index (κ1) is 38.5. The third kappa shape index (κ3) is 12.5. The molecular weight excluding hydrogens is 637 g/mol. The Morgan fingerprint density at radius 1 is 1.04 bits per heavy atom. The second-order valence-corrected chi connectivity index (χ2v) is 13.7. The largest absolute Gasteiger partial charge is 0.490 e. The van der Waals surface area contributed by atoms with Gasteiger partial charge >= 0.3 is 0 Å². The molecule has 0 unspecified atom stereocenters. The van der Waals surface area contributed by atoms with Gasteiger partial charge in [-0.05, 0) is 93.8 Å². The van der Waals surface area contributed by atoms with Crippen LogP contribution in [0.1, 0.15) is 80.0 Å². The summed E-state index contributed by atoms with van der Waals surface area (Å²) in [5.41, 5.74) is 2.72. The number of sulfonamides is 1. The number of hydrogen-bond donors (Lipinski definition) is 4. The van der Waals surface area contributed by atoms with E-state index in [2.05, 4.69) is 15.0 Å². The van der Waals surface area contributed by atoms with Gasteiger partial charge in [0.15, 0.2) is 0 Å². The van der Waals surface area contributed by atoms with Crippen LogP contribution >= 0.6 is 24.8 Å². The van der Waals surface area contributed by atoms with Crippen molar-refractivity contribution in [3.8, 4) is 16.9 Å². The average molecular weight is 683 g/mol. The predicted molar refractivity (Wildman–Crippen MR) is 182 cm³/mol. The van der Waals surface area contributed by atoms with Crippen LogP contribution in [-0.4, -0.2) is 60.1 Å². The first-order valence-corrected chi connectivity index (χ1v) is 16.6. The lowest BCUT2D eigenvalue weighted by atomic mass is 9.97. The van der Waals surface area contributed by atoms with Crippen molar-refractivity contribution in [1.29, 1.82) is 0 Å². The van der Waals surface area contributed by atoms with Crippen molar-refractivity contribution in [1.82, 2.24) is 15.0 Å². The van der Waals surface area contributed by atoms with Gasteiger partial charge in [-0.1, -0.05) is 42.8 Å². The number of benzene rings is 2. The lowest BCUT2D eigenvalue weighted by molar-refractivity contribution is 0.0769. The van der Waals surface area contributed by atoms with Gasteiger partial charge in [0, 0.05) is 24.5 Å². The van der Waals surface area contributed by atoms with Crippen molar-refractivity contribution in [3.63, 3.8) is 0 Å². The molecule has 248 valence electrons. The minimum absolute atomic E-state index is 0. The monoisotopic (exact) mass is 681 g/mol. The number of nitrogens with one attached hydrogen (secondary N) is 2. The molecule has 3 aromatic rings. The van der Waals surface area contributed by atoms with Crippen molar-refractivity contribution < 1.29 is 28.2 Å². The zero-order valence-corrected chi connectivity index (χ0v) is 28.2. The Bertz CT molecular complexity index is 1450.